The zero-order valence-electron chi connectivity index (χ0n) is 38.3. The van der Waals surface area contributed by atoms with Gasteiger partial charge in [0.15, 0.2) is 0 Å². The van der Waals surface area contributed by atoms with Gasteiger partial charge in [-0.15, -0.1) is 0 Å². The molecule has 320 valence electrons. The maximum atomic E-state index is 2.45. The fraction of sp³-hybridized carbons (Fsp3) is 0.0769. The monoisotopic (exact) mass is 858 g/mol. The van der Waals surface area contributed by atoms with Crippen molar-refractivity contribution >= 4 is 66.4 Å². The van der Waals surface area contributed by atoms with Gasteiger partial charge in [-0.3, -0.25) is 0 Å². The summed E-state index contributed by atoms with van der Waals surface area (Å²) >= 11 is 0. The molecule has 2 nitrogen and oxygen atoms in total. The Labute approximate surface area is 393 Å². The Morgan fingerprint density at radius 2 is 0.731 bits per heavy atom. The Morgan fingerprint density at radius 3 is 1.25 bits per heavy atom. The molecule has 0 bridgehead atoms. The molecule has 0 fully saturated rings. The van der Waals surface area contributed by atoms with Crippen LogP contribution in [-0.4, -0.2) is 0 Å². The van der Waals surface area contributed by atoms with Crippen LogP contribution < -0.4 is 9.80 Å². The van der Waals surface area contributed by atoms with E-state index in [0.717, 1.165) is 34.1 Å². The normalized spacial score (nSPS) is 12.6. The molecule has 0 radical (unpaired) electrons. The molecule has 11 aromatic rings. The highest BCUT2D eigenvalue weighted by Crippen LogP contribution is 2.62. The van der Waals surface area contributed by atoms with Crippen LogP contribution in [0.15, 0.2) is 231 Å². The number of anilines is 6. The summed E-state index contributed by atoms with van der Waals surface area (Å²) in [4.78, 5) is 4.82. The molecule has 0 atom stereocenters. The largest absolute Gasteiger partial charge is 0.310 e. The molecule has 11 aromatic carbocycles. The number of hydrogen-bond donors (Lipinski definition) is 0. The van der Waals surface area contributed by atoms with Crippen molar-refractivity contribution in [3.8, 4) is 11.1 Å². The van der Waals surface area contributed by atoms with Crippen LogP contribution in [0, 0.1) is 27.7 Å². The minimum Gasteiger partial charge on any atom is -0.310 e. The van der Waals surface area contributed by atoms with Crippen molar-refractivity contribution in [3.05, 3.63) is 275 Å². The molecule has 0 heterocycles. The van der Waals surface area contributed by atoms with E-state index in [4.69, 9.17) is 0 Å². The molecule has 0 N–H and O–H groups in total. The van der Waals surface area contributed by atoms with Crippen LogP contribution in [0.3, 0.4) is 0 Å². The van der Waals surface area contributed by atoms with Crippen LogP contribution in [0.2, 0.25) is 0 Å². The van der Waals surface area contributed by atoms with Crippen LogP contribution in [0.1, 0.15) is 44.5 Å². The average molecular weight is 859 g/mol. The van der Waals surface area contributed by atoms with E-state index >= 15 is 0 Å². The predicted octanol–water partition coefficient (Wildman–Crippen LogP) is 17.7. The molecular formula is C65H50N2. The van der Waals surface area contributed by atoms with Crippen molar-refractivity contribution in [2.24, 2.45) is 0 Å². The fourth-order valence-electron chi connectivity index (χ4n) is 11.5. The van der Waals surface area contributed by atoms with E-state index in [1.807, 2.05) is 0 Å². The van der Waals surface area contributed by atoms with Gasteiger partial charge in [0, 0.05) is 34.1 Å². The topological polar surface area (TPSA) is 6.48 Å². The van der Waals surface area contributed by atoms with E-state index in [-0.39, 0.29) is 0 Å². The number of rotatable bonds is 8. The first kappa shape index (κ1) is 40.3. The Balaban J connectivity index is 1.17. The molecule has 0 aliphatic heterocycles. The number of aryl methyl sites for hydroxylation is 4. The van der Waals surface area contributed by atoms with Crippen LogP contribution in [-0.2, 0) is 5.41 Å². The van der Waals surface area contributed by atoms with Gasteiger partial charge in [-0.2, -0.15) is 0 Å². The second kappa shape index (κ2) is 16.0. The van der Waals surface area contributed by atoms with Crippen molar-refractivity contribution < 1.29 is 0 Å². The summed E-state index contributed by atoms with van der Waals surface area (Å²) in [5, 5.41) is 7.45. The lowest BCUT2D eigenvalue weighted by Gasteiger charge is -2.36. The molecule has 0 saturated heterocycles. The molecular weight excluding hydrogens is 809 g/mol. The molecule has 0 aromatic heterocycles. The number of nitrogens with zero attached hydrogens (tertiary/aromatic N) is 2. The van der Waals surface area contributed by atoms with Crippen molar-refractivity contribution in [2.75, 3.05) is 9.80 Å². The second-order valence-corrected chi connectivity index (χ2v) is 18.4. The number of benzene rings is 11. The third-order valence-electron chi connectivity index (χ3n) is 13.9. The van der Waals surface area contributed by atoms with Gasteiger partial charge in [-0.25, -0.2) is 0 Å². The van der Waals surface area contributed by atoms with Crippen molar-refractivity contribution in [1.29, 1.82) is 0 Å². The van der Waals surface area contributed by atoms with Crippen molar-refractivity contribution in [2.45, 2.75) is 33.1 Å². The summed E-state index contributed by atoms with van der Waals surface area (Å²) in [5.74, 6) is 0. The van der Waals surface area contributed by atoms with E-state index in [1.54, 1.807) is 0 Å². The fourth-order valence-corrected chi connectivity index (χ4v) is 11.5. The standard InChI is InChI=1S/C65H50N2/c1-43-35-44(2)38-54(37-43)66(50-23-13-7-14-24-50)52-30-33-56-47(41-52)29-32-60-62-58-28-18-17-27-57(58)61-42-53(67(51-25-15-8-16-26-51)55-39-45(3)36-46(4)40-55)31-34-59(61)64(62)65(63(56)60,48-19-9-5-10-20-48)49-21-11-6-12-22-49/h5-42H,1-4H3. The molecule has 0 saturated carbocycles. The van der Waals surface area contributed by atoms with Crippen LogP contribution in [0.5, 0.6) is 0 Å². The Hall–Kier alpha value is -8.20. The van der Waals surface area contributed by atoms with Gasteiger partial charge in [-0.05, 0) is 188 Å². The van der Waals surface area contributed by atoms with Gasteiger partial charge in [0.25, 0.3) is 0 Å². The third kappa shape index (κ3) is 6.55. The van der Waals surface area contributed by atoms with Crippen LogP contribution in [0.25, 0.3) is 43.4 Å². The molecule has 1 aliphatic rings. The molecule has 0 unspecified atom stereocenters. The summed E-state index contributed by atoms with van der Waals surface area (Å²) in [5.41, 5.74) is 18.9. The first-order valence-corrected chi connectivity index (χ1v) is 23.4. The summed E-state index contributed by atoms with van der Waals surface area (Å²) in [6.07, 6.45) is 0. The highest BCUT2D eigenvalue weighted by atomic mass is 15.1. The van der Waals surface area contributed by atoms with E-state index in [0.29, 0.717) is 0 Å². The molecule has 67 heavy (non-hydrogen) atoms. The Morgan fingerprint density at radius 1 is 0.284 bits per heavy atom. The van der Waals surface area contributed by atoms with Gasteiger partial charge in [0.1, 0.15) is 0 Å². The summed E-state index contributed by atoms with van der Waals surface area (Å²) in [6, 6.07) is 86.0. The van der Waals surface area contributed by atoms with Crippen molar-refractivity contribution in [3.63, 3.8) is 0 Å². The maximum Gasteiger partial charge on any atom is 0.0725 e. The minimum atomic E-state index is -0.655. The lowest BCUT2D eigenvalue weighted by atomic mass is 9.65. The summed E-state index contributed by atoms with van der Waals surface area (Å²) in [7, 11) is 0. The van der Waals surface area contributed by atoms with E-state index in [9.17, 15) is 0 Å². The predicted molar refractivity (Wildman–Crippen MR) is 285 cm³/mol. The zero-order chi connectivity index (χ0) is 45.2. The van der Waals surface area contributed by atoms with Gasteiger partial charge in [-0.1, -0.05) is 158 Å². The van der Waals surface area contributed by atoms with Gasteiger partial charge >= 0.3 is 0 Å². The lowest BCUT2D eigenvalue weighted by Crippen LogP contribution is -2.29. The Kier molecular flexibility index (Phi) is 9.66. The molecule has 1 aliphatic carbocycles. The highest BCUT2D eigenvalue weighted by molar-refractivity contribution is 6.21. The lowest BCUT2D eigenvalue weighted by molar-refractivity contribution is 0.783. The molecule has 12 rings (SSSR count). The van der Waals surface area contributed by atoms with Crippen LogP contribution in [0.4, 0.5) is 34.1 Å². The summed E-state index contributed by atoms with van der Waals surface area (Å²) < 4.78 is 0. The second-order valence-electron chi connectivity index (χ2n) is 18.4. The van der Waals surface area contributed by atoms with Crippen LogP contribution >= 0.6 is 0 Å². The Bertz CT molecular complexity index is 3590. The SMILES string of the molecule is Cc1cc(C)cc(N(c2ccccc2)c2ccc3c4c(ccc3c2)-c2c(c3ccc(N(c5ccccc5)c5cc(C)cc(C)c5)cc3c3ccccc23)C4(c2ccccc2)c2ccccc2)c1. The quantitative estimate of drug-likeness (QED) is 0.141. The third-order valence-corrected chi connectivity index (χ3v) is 13.9. The summed E-state index contributed by atoms with van der Waals surface area (Å²) in [6.45, 7) is 8.75. The first-order valence-electron chi connectivity index (χ1n) is 23.4. The number of para-hydroxylation sites is 2. The molecule has 0 spiro atoms. The van der Waals surface area contributed by atoms with E-state index in [2.05, 4.69) is 268 Å². The maximum absolute atomic E-state index is 2.45. The first-order chi connectivity index (χ1) is 32.9. The van der Waals surface area contributed by atoms with Gasteiger partial charge in [0.05, 0.1) is 5.41 Å². The number of fused-ring (bicyclic) bond motifs is 10. The minimum absolute atomic E-state index is 0.655. The molecule has 2 heteroatoms. The van der Waals surface area contributed by atoms with Gasteiger partial charge < -0.3 is 9.80 Å². The number of hydrogen-bond acceptors (Lipinski definition) is 2. The van der Waals surface area contributed by atoms with Crippen molar-refractivity contribution in [1.82, 2.24) is 0 Å². The van der Waals surface area contributed by atoms with E-state index in [1.165, 1.54) is 88.0 Å². The van der Waals surface area contributed by atoms with Gasteiger partial charge in [0.2, 0.25) is 0 Å². The smallest absolute Gasteiger partial charge is 0.0725 e. The molecule has 0 amide bonds. The zero-order valence-corrected chi connectivity index (χ0v) is 38.3. The average Bonchev–Trinajstić information content (AvgIpc) is 3.67. The van der Waals surface area contributed by atoms with E-state index < -0.39 is 5.41 Å². The highest BCUT2D eigenvalue weighted by Gasteiger charge is 2.49.